The number of anilines is 2. The summed E-state index contributed by atoms with van der Waals surface area (Å²) < 4.78 is 45.9. The van der Waals surface area contributed by atoms with Gasteiger partial charge in [-0.15, -0.1) is 0 Å². The van der Waals surface area contributed by atoms with Crippen LogP contribution in [-0.2, 0) is 11.0 Å². The minimum Gasteiger partial charge on any atom is -0.496 e. The SMILES string of the molecule is COc1cc(F)c([N+](=O)[O-])cc1Cc1ncc(F)c(Nc2ccccc2P(C)(C)=O)n1. The van der Waals surface area contributed by atoms with Gasteiger partial charge in [0.25, 0.3) is 0 Å². The molecule has 11 heteroatoms. The predicted octanol–water partition coefficient (Wildman–Crippen LogP) is 4.25. The van der Waals surface area contributed by atoms with Gasteiger partial charge in [-0.25, -0.2) is 14.4 Å². The number of hydrogen-bond donors (Lipinski definition) is 1. The molecule has 162 valence electrons. The summed E-state index contributed by atoms with van der Waals surface area (Å²) in [7, 11) is -1.35. The Balaban J connectivity index is 1.98. The van der Waals surface area contributed by atoms with Crippen LogP contribution in [0, 0.1) is 21.7 Å². The van der Waals surface area contributed by atoms with Crippen molar-refractivity contribution < 1.29 is 23.0 Å². The number of para-hydroxylation sites is 1. The van der Waals surface area contributed by atoms with Crippen LogP contribution >= 0.6 is 7.14 Å². The number of halogens is 2. The van der Waals surface area contributed by atoms with Gasteiger partial charge in [-0.3, -0.25) is 10.1 Å². The van der Waals surface area contributed by atoms with Crippen molar-refractivity contribution in [3.63, 3.8) is 0 Å². The largest absolute Gasteiger partial charge is 0.496 e. The summed E-state index contributed by atoms with van der Waals surface area (Å²) in [5, 5.41) is 14.4. The van der Waals surface area contributed by atoms with Crippen molar-refractivity contribution in [1.82, 2.24) is 9.97 Å². The highest BCUT2D eigenvalue weighted by Gasteiger charge is 2.21. The van der Waals surface area contributed by atoms with Crippen molar-refractivity contribution in [3.05, 3.63) is 75.7 Å². The van der Waals surface area contributed by atoms with E-state index in [2.05, 4.69) is 15.3 Å². The topological polar surface area (TPSA) is 107 Å². The number of nitrogens with one attached hydrogen (secondary N) is 1. The Morgan fingerprint density at radius 2 is 1.90 bits per heavy atom. The molecule has 0 aliphatic rings. The second-order valence-corrected chi connectivity index (χ2v) is 10.2. The van der Waals surface area contributed by atoms with Crippen molar-refractivity contribution in [3.8, 4) is 5.75 Å². The van der Waals surface area contributed by atoms with Gasteiger partial charge in [-0.05, 0) is 25.5 Å². The monoisotopic (exact) mass is 448 g/mol. The van der Waals surface area contributed by atoms with E-state index >= 15 is 0 Å². The smallest absolute Gasteiger partial charge is 0.305 e. The molecule has 0 spiro atoms. The lowest BCUT2D eigenvalue weighted by molar-refractivity contribution is -0.387. The summed E-state index contributed by atoms with van der Waals surface area (Å²) in [6.45, 7) is 3.20. The van der Waals surface area contributed by atoms with Crippen LogP contribution < -0.4 is 15.4 Å². The first-order chi connectivity index (χ1) is 14.6. The maximum Gasteiger partial charge on any atom is 0.305 e. The molecule has 0 saturated heterocycles. The molecule has 0 amide bonds. The van der Waals surface area contributed by atoms with Crippen molar-refractivity contribution in [2.75, 3.05) is 25.8 Å². The summed E-state index contributed by atoms with van der Waals surface area (Å²) in [4.78, 5) is 18.3. The van der Waals surface area contributed by atoms with Crippen LogP contribution in [-0.4, -0.2) is 35.3 Å². The number of rotatable bonds is 7. The first-order valence-electron chi connectivity index (χ1n) is 9.04. The molecule has 0 radical (unpaired) electrons. The number of nitrogens with zero attached hydrogens (tertiary/aromatic N) is 3. The molecule has 3 rings (SSSR count). The van der Waals surface area contributed by atoms with E-state index in [9.17, 15) is 23.5 Å². The Kier molecular flexibility index (Phi) is 6.31. The highest BCUT2D eigenvalue weighted by molar-refractivity contribution is 7.70. The number of nitro benzene ring substituents is 1. The molecule has 0 atom stereocenters. The zero-order chi connectivity index (χ0) is 22.8. The van der Waals surface area contributed by atoms with Crippen LogP contribution in [0.5, 0.6) is 5.75 Å². The lowest BCUT2D eigenvalue weighted by Gasteiger charge is -2.15. The van der Waals surface area contributed by atoms with Gasteiger partial charge in [0.15, 0.2) is 11.6 Å². The van der Waals surface area contributed by atoms with Gasteiger partial charge in [0.2, 0.25) is 5.82 Å². The Labute approximate surface area is 176 Å². The zero-order valence-corrected chi connectivity index (χ0v) is 17.8. The van der Waals surface area contributed by atoms with Crippen LogP contribution in [0.15, 0.2) is 42.6 Å². The molecule has 2 aromatic carbocycles. The third kappa shape index (κ3) is 5.03. The second-order valence-electron chi connectivity index (χ2n) is 7.03. The van der Waals surface area contributed by atoms with Gasteiger partial charge < -0.3 is 14.6 Å². The third-order valence-corrected chi connectivity index (χ3v) is 5.98. The Bertz CT molecular complexity index is 1200. The summed E-state index contributed by atoms with van der Waals surface area (Å²) >= 11 is 0. The highest BCUT2D eigenvalue weighted by atomic mass is 31.2. The van der Waals surface area contributed by atoms with Crippen LogP contribution in [0.1, 0.15) is 11.4 Å². The molecule has 1 N–H and O–H groups in total. The number of nitro groups is 1. The molecule has 31 heavy (non-hydrogen) atoms. The molecular formula is C20H19F2N4O4P. The Morgan fingerprint density at radius 3 is 2.55 bits per heavy atom. The fourth-order valence-corrected chi connectivity index (χ4v) is 4.13. The van der Waals surface area contributed by atoms with E-state index < -0.39 is 29.4 Å². The molecule has 0 saturated carbocycles. The minimum absolute atomic E-state index is 0.0685. The van der Waals surface area contributed by atoms with E-state index in [4.69, 9.17) is 4.74 Å². The second kappa shape index (κ2) is 8.77. The lowest BCUT2D eigenvalue weighted by atomic mass is 10.1. The average Bonchev–Trinajstić information content (AvgIpc) is 2.70. The van der Waals surface area contributed by atoms with E-state index in [0.29, 0.717) is 11.0 Å². The normalized spacial score (nSPS) is 11.3. The van der Waals surface area contributed by atoms with Gasteiger partial charge >= 0.3 is 5.69 Å². The molecule has 8 nitrogen and oxygen atoms in total. The van der Waals surface area contributed by atoms with Crippen LogP contribution in [0.3, 0.4) is 0 Å². The lowest BCUT2D eigenvalue weighted by Crippen LogP contribution is -2.12. The van der Waals surface area contributed by atoms with E-state index in [-0.39, 0.29) is 29.4 Å². The van der Waals surface area contributed by atoms with E-state index in [1.54, 1.807) is 37.6 Å². The third-order valence-electron chi connectivity index (χ3n) is 4.43. The first-order valence-corrected chi connectivity index (χ1v) is 11.6. The molecule has 1 heterocycles. The van der Waals surface area contributed by atoms with E-state index in [0.717, 1.165) is 18.3 Å². The highest BCUT2D eigenvalue weighted by Crippen LogP contribution is 2.38. The minimum atomic E-state index is -2.65. The number of aromatic nitrogens is 2. The molecule has 3 aromatic rings. The molecule has 0 aliphatic heterocycles. The Morgan fingerprint density at radius 1 is 1.19 bits per heavy atom. The van der Waals surface area contributed by atoms with Crippen molar-refractivity contribution >= 4 is 29.6 Å². The number of ether oxygens (including phenoxy) is 1. The molecule has 0 aliphatic carbocycles. The molecule has 1 aromatic heterocycles. The summed E-state index contributed by atoms with van der Waals surface area (Å²) in [6, 6.07) is 8.73. The standard InChI is InChI=1S/C20H19F2N4O4P/c1-30-17-10-13(21)16(26(27)28)8-12(17)9-19-23-11-14(22)20(25-19)24-15-6-4-5-7-18(15)31(2,3)29/h4-8,10-11H,9H2,1-3H3,(H,23,24,25). The van der Waals surface area contributed by atoms with Gasteiger partial charge in [0.05, 0.1) is 23.9 Å². The van der Waals surface area contributed by atoms with Crippen molar-refractivity contribution in [2.45, 2.75) is 6.42 Å². The maximum atomic E-state index is 14.4. The fraction of sp³-hybridized carbons (Fsp3) is 0.200. The van der Waals surface area contributed by atoms with E-state index in [1.165, 1.54) is 7.11 Å². The van der Waals surface area contributed by atoms with Crippen LogP contribution in [0.25, 0.3) is 0 Å². The van der Waals surface area contributed by atoms with Crippen molar-refractivity contribution in [1.29, 1.82) is 0 Å². The number of methoxy groups -OCH3 is 1. The number of hydrogen-bond acceptors (Lipinski definition) is 7. The summed E-state index contributed by atoms with van der Waals surface area (Å²) in [5.74, 6) is -1.72. The molecule has 0 bridgehead atoms. The molecule has 0 fully saturated rings. The molecule has 0 unspecified atom stereocenters. The predicted molar refractivity (Wildman–Crippen MR) is 113 cm³/mol. The Hall–Kier alpha value is -3.39. The fourth-order valence-electron chi connectivity index (χ4n) is 2.98. The van der Waals surface area contributed by atoms with E-state index in [1.807, 2.05) is 0 Å². The maximum absolute atomic E-state index is 14.4. The summed E-state index contributed by atoms with van der Waals surface area (Å²) in [5.41, 5.74) is -0.0126. The zero-order valence-electron chi connectivity index (χ0n) is 16.9. The van der Waals surface area contributed by atoms with Gasteiger partial charge in [-0.2, -0.15) is 4.39 Å². The average molecular weight is 448 g/mol. The van der Waals surface area contributed by atoms with Gasteiger partial charge in [0, 0.05) is 29.4 Å². The first kappa shape index (κ1) is 22.3. The van der Waals surface area contributed by atoms with Crippen LogP contribution in [0.2, 0.25) is 0 Å². The summed E-state index contributed by atoms with van der Waals surface area (Å²) in [6.07, 6.45) is 0.885. The van der Waals surface area contributed by atoms with Gasteiger partial charge in [0.1, 0.15) is 18.7 Å². The number of benzene rings is 2. The molecular weight excluding hydrogens is 429 g/mol. The van der Waals surface area contributed by atoms with Crippen LogP contribution in [0.4, 0.5) is 26.0 Å². The van der Waals surface area contributed by atoms with Gasteiger partial charge in [-0.1, -0.05) is 12.1 Å². The quantitative estimate of drug-likeness (QED) is 0.327. The van der Waals surface area contributed by atoms with Crippen molar-refractivity contribution in [2.24, 2.45) is 0 Å².